The largest absolute Gasteiger partial charge is 0.496 e. The van der Waals surface area contributed by atoms with Crippen LogP contribution in [0.25, 0.3) is 11.0 Å². The quantitative estimate of drug-likeness (QED) is 0.215. The Balaban J connectivity index is 0.827. The van der Waals surface area contributed by atoms with Crippen molar-refractivity contribution in [3.63, 3.8) is 0 Å². The predicted octanol–water partition coefficient (Wildman–Crippen LogP) is 6.62. The summed E-state index contributed by atoms with van der Waals surface area (Å²) in [4.78, 5) is 27.1. The first-order valence-electron chi connectivity index (χ1n) is 16.7. The second-order valence-electron chi connectivity index (χ2n) is 13.7. The normalized spacial score (nSPS) is 20.8. The maximum absolute atomic E-state index is 11.8. The lowest BCUT2D eigenvalue weighted by molar-refractivity contribution is -0.0355. The van der Waals surface area contributed by atoms with Gasteiger partial charge in [-0.25, -0.2) is 4.98 Å². The number of benzene rings is 2. The number of aromatic amines is 1. The Morgan fingerprint density at radius 2 is 1.78 bits per heavy atom. The molecule has 4 aliphatic rings. The molecule has 0 unspecified atom stereocenters. The van der Waals surface area contributed by atoms with Gasteiger partial charge in [0, 0.05) is 75.2 Å². The molecular weight excluding hydrogens is 562 g/mol. The van der Waals surface area contributed by atoms with Crippen LogP contribution in [0.2, 0.25) is 0 Å². The lowest BCUT2D eigenvalue weighted by atomic mass is 9.60. The van der Waals surface area contributed by atoms with Crippen LogP contribution in [0.4, 0.5) is 5.69 Å². The molecule has 1 N–H and O–H groups in total. The van der Waals surface area contributed by atoms with Gasteiger partial charge in [-0.3, -0.25) is 14.6 Å². The summed E-state index contributed by atoms with van der Waals surface area (Å²) < 4.78 is 11.9. The number of piperazine rings is 1. The molecule has 8 rings (SSSR count). The van der Waals surface area contributed by atoms with Crippen molar-refractivity contribution in [3.8, 4) is 17.2 Å². The van der Waals surface area contributed by atoms with E-state index < -0.39 is 0 Å². The zero-order chi connectivity index (χ0) is 30.4. The predicted molar refractivity (Wildman–Crippen MR) is 177 cm³/mol. The summed E-state index contributed by atoms with van der Waals surface area (Å²) in [5.74, 6) is 3.00. The van der Waals surface area contributed by atoms with Gasteiger partial charge in [-0.05, 0) is 91.3 Å². The number of pyridine rings is 1. The Morgan fingerprint density at radius 1 is 0.956 bits per heavy atom. The van der Waals surface area contributed by atoms with Gasteiger partial charge in [0.2, 0.25) is 0 Å². The van der Waals surface area contributed by atoms with E-state index in [1.165, 1.54) is 62.7 Å². The topological polar surface area (TPSA) is 73.9 Å². The van der Waals surface area contributed by atoms with E-state index in [2.05, 4.69) is 48.9 Å². The summed E-state index contributed by atoms with van der Waals surface area (Å²) in [6.07, 6.45) is 12.1. The highest BCUT2D eigenvalue weighted by atomic mass is 16.5. The number of H-pyrrole nitrogens is 1. The smallest absolute Gasteiger partial charge is 0.153 e. The Hall–Kier alpha value is -3.88. The number of aromatic nitrogens is 2. The number of fused-ring (bicyclic) bond motifs is 1. The summed E-state index contributed by atoms with van der Waals surface area (Å²) in [6.45, 7) is 7.71. The molecule has 4 aromatic rings. The van der Waals surface area contributed by atoms with Gasteiger partial charge in [-0.2, -0.15) is 0 Å². The highest BCUT2D eigenvalue weighted by molar-refractivity contribution is 5.81. The number of carbonyl (C=O) groups excluding carboxylic acids is 1. The van der Waals surface area contributed by atoms with E-state index in [0.29, 0.717) is 28.4 Å². The molecule has 8 heteroatoms. The first-order chi connectivity index (χ1) is 22.1. The van der Waals surface area contributed by atoms with Crippen LogP contribution < -0.4 is 14.4 Å². The molecule has 2 saturated carbocycles. The number of ether oxygens (including phenoxy) is 2. The van der Waals surface area contributed by atoms with Crippen molar-refractivity contribution >= 4 is 23.0 Å². The van der Waals surface area contributed by atoms with Crippen LogP contribution in [0.15, 0.2) is 60.9 Å². The summed E-state index contributed by atoms with van der Waals surface area (Å²) >= 11 is 0. The Bertz CT molecular complexity index is 1670. The van der Waals surface area contributed by atoms with Gasteiger partial charge in [0.05, 0.1) is 18.9 Å². The molecule has 0 bridgehead atoms. The van der Waals surface area contributed by atoms with Gasteiger partial charge < -0.3 is 19.4 Å². The molecular formula is C37H43N5O3. The third-order valence-corrected chi connectivity index (χ3v) is 10.9. The van der Waals surface area contributed by atoms with Crippen LogP contribution in [0.1, 0.15) is 65.9 Å². The molecule has 2 aromatic carbocycles. The van der Waals surface area contributed by atoms with E-state index in [1.807, 2.05) is 37.6 Å². The van der Waals surface area contributed by atoms with Crippen LogP contribution in [-0.2, 0) is 6.54 Å². The monoisotopic (exact) mass is 605 g/mol. The molecule has 4 heterocycles. The number of nitrogens with zero attached hydrogens (tertiary/aromatic N) is 4. The Kier molecular flexibility index (Phi) is 7.50. The van der Waals surface area contributed by atoms with Gasteiger partial charge in [0.25, 0.3) is 0 Å². The third kappa shape index (κ3) is 5.82. The van der Waals surface area contributed by atoms with Gasteiger partial charge in [0.15, 0.2) is 6.29 Å². The van der Waals surface area contributed by atoms with Crippen molar-refractivity contribution < 1.29 is 14.3 Å². The zero-order valence-corrected chi connectivity index (χ0v) is 26.2. The molecule has 45 heavy (non-hydrogen) atoms. The molecule has 2 saturated heterocycles. The fourth-order valence-electron chi connectivity index (χ4n) is 7.98. The van der Waals surface area contributed by atoms with Crippen molar-refractivity contribution in [2.75, 3.05) is 51.3 Å². The van der Waals surface area contributed by atoms with Crippen molar-refractivity contribution in [2.24, 2.45) is 5.41 Å². The number of carbonyl (C=O) groups is 1. The number of nitrogens with one attached hydrogen (secondary N) is 1. The van der Waals surface area contributed by atoms with Crippen molar-refractivity contribution in [3.05, 3.63) is 77.6 Å². The number of methoxy groups -OCH3 is 1. The van der Waals surface area contributed by atoms with Gasteiger partial charge in [-0.15, -0.1) is 0 Å². The molecule has 8 nitrogen and oxygen atoms in total. The van der Waals surface area contributed by atoms with Crippen molar-refractivity contribution in [2.45, 2.75) is 57.0 Å². The molecule has 2 aliphatic carbocycles. The summed E-state index contributed by atoms with van der Waals surface area (Å²) in [5.41, 5.74) is 5.74. The SMILES string of the molecule is COc1cc(CN2CCN(C3CC4(CCN(c5ccc(C=O)c(Oc6cnc7[nH]ccc7c6)c5)CC4)C3)CC2)ccc1C1CC1. The summed E-state index contributed by atoms with van der Waals surface area (Å²) in [7, 11) is 1.81. The van der Waals surface area contributed by atoms with Crippen LogP contribution in [0.5, 0.6) is 17.2 Å². The highest BCUT2D eigenvalue weighted by Gasteiger charge is 2.48. The number of piperidine rings is 1. The second-order valence-corrected chi connectivity index (χ2v) is 13.7. The Morgan fingerprint density at radius 3 is 2.53 bits per heavy atom. The molecule has 234 valence electrons. The number of hydrogen-bond acceptors (Lipinski definition) is 7. The van der Waals surface area contributed by atoms with Gasteiger partial charge in [0.1, 0.15) is 22.9 Å². The fourth-order valence-corrected chi connectivity index (χ4v) is 7.98. The van der Waals surface area contributed by atoms with E-state index in [1.54, 1.807) is 6.20 Å². The minimum atomic E-state index is 0.484. The molecule has 4 fully saturated rings. The minimum Gasteiger partial charge on any atom is -0.496 e. The second kappa shape index (κ2) is 11.8. The maximum atomic E-state index is 11.8. The molecule has 0 radical (unpaired) electrons. The lowest BCUT2D eigenvalue weighted by Crippen LogP contribution is -2.59. The molecule has 1 spiro atoms. The van der Waals surface area contributed by atoms with E-state index in [4.69, 9.17) is 9.47 Å². The van der Waals surface area contributed by atoms with Crippen LogP contribution >= 0.6 is 0 Å². The number of aldehydes is 1. The average Bonchev–Trinajstić information content (AvgIpc) is 3.80. The first kappa shape index (κ1) is 28.6. The summed E-state index contributed by atoms with van der Waals surface area (Å²) in [6, 6.07) is 17.5. The number of rotatable bonds is 9. The number of hydrogen-bond donors (Lipinski definition) is 1. The van der Waals surface area contributed by atoms with Crippen molar-refractivity contribution in [1.29, 1.82) is 0 Å². The van der Waals surface area contributed by atoms with Crippen LogP contribution in [-0.4, -0.2) is 78.5 Å². The van der Waals surface area contributed by atoms with E-state index in [9.17, 15) is 4.79 Å². The molecule has 2 aliphatic heterocycles. The Labute approximate surface area is 265 Å². The van der Waals surface area contributed by atoms with Crippen molar-refractivity contribution in [1.82, 2.24) is 19.8 Å². The van der Waals surface area contributed by atoms with E-state index >= 15 is 0 Å². The van der Waals surface area contributed by atoms with Crippen LogP contribution in [0, 0.1) is 5.41 Å². The molecule has 0 atom stereocenters. The third-order valence-electron chi connectivity index (χ3n) is 10.9. The lowest BCUT2D eigenvalue weighted by Gasteiger charge is -2.56. The summed E-state index contributed by atoms with van der Waals surface area (Å²) in [5, 5.41) is 0.980. The molecule has 0 amide bonds. The molecule has 2 aromatic heterocycles. The number of anilines is 1. The maximum Gasteiger partial charge on any atom is 0.153 e. The van der Waals surface area contributed by atoms with Crippen LogP contribution in [0.3, 0.4) is 0 Å². The highest BCUT2D eigenvalue weighted by Crippen LogP contribution is 2.51. The van der Waals surface area contributed by atoms with Gasteiger partial charge in [-0.1, -0.05) is 12.1 Å². The fraction of sp³-hybridized carbons (Fsp3) is 0.459. The minimum absolute atomic E-state index is 0.484. The first-order valence-corrected chi connectivity index (χ1v) is 16.7. The van der Waals surface area contributed by atoms with E-state index in [-0.39, 0.29) is 0 Å². The van der Waals surface area contributed by atoms with Gasteiger partial charge >= 0.3 is 0 Å². The van der Waals surface area contributed by atoms with E-state index in [0.717, 1.165) is 67.5 Å². The zero-order valence-electron chi connectivity index (χ0n) is 26.2. The average molecular weight is 606 g/mol. The standard InChI is InChI=1S/C37H43N5O3/c1-44-35-18-26(2-7-33(35)27-3-4-27)24-40-14-16-42(17-15-40)31-21-37(22-31)9-12-41(13-10-37)30-6-5-29(25-43)34(20-30)45-32-19-28-8-11-38-36(28)39-23-32/h2,5-8,11,18-20,23,25,27,31H,3-4,9-10,12-17,21-22,24H2,1H3,(H,38,39).